The Kier molecular flexibility index (Phi) is 3.50. The third-order valence-corrected chi connectivity index (χ3v) is 2.23. The lowest BCUT2D eigenvalue weighted by Crippen LogP contribution is -1.99. The summed E-state index contributed by atoms with van der Waals surface area (Å²) in [5, 5.41) is 10.2. The van der Waals surface area contributed by atoms with Crippen LogP contribution in [0.2, 0.25) is 0 Å². The molecule has 0 aliphatic carbocycles. The van der Waals surface area contributed by atoms with Crippen LogP contribution in [0.15, 0.2) is 11.4 Å². The Balaban J connectivity index is 2.96. The fourth-order valence-corrected chi connectivity index (χ4v) is 1.56. The Labute approximate surface area is 80.0 Å². The van der Waals surface area contributed by atoms with Gasteiger partial charge in [0.15, 0.2) is 0 Å². The highest BCUT2D eigenvalue weighted by Gasteiger charge is 2.11. The van der Waals surface area contributed by atoms with Gasteiger partial charge in [-0.15, -0.1) is 11.3 Å². The zero-order valence-corrected chi connectivity index (χ0v) is 7.85. The van der Waals surface area contributed by atoms with Crippen LogP contribution in [0.1, 0.15) is 15.2 Å². The molecule has 0 aromatic carbocycles. The summed E-state index contributed by atoms with van der Waals surface area (Å²) >= 11 is 1.27. The molecule has 13 heavy (non-hydrogen) atoms. The molecule has 4 heteroatoms. The molecule has 0 saturated heterocycles. The van der Waals surface area contributed by atoms with Gasteiger partial charge in [0.1, 0.15) is 11.5 Å². The molecule has 1 aromatic heterocycles. The minimum absolute atomic E-state index is 0.212. The van der Waals surface area contributed by atoms with Gasteiger partial charge in [-0.2, -0.15) is 0 Å². The zero-order chi connectivity index (χ0) is 9.68. The average Bonchev–Trinajstić information content (AvgIpc) is 2.61. The van der Waals surface area contributed by atoms with Crippen molar-refractivity contribution in [2.45, 2.75) is 0 Å². The molecule has 1 rings (SSSR count). The number of rotatable bonds is 1. The molecule has 3 nitrogen and oxygen atoms in total. The number of ether oxygens (including phenoxy) is 1. The minimum Gasteiger partial charge on any atom is -0.465 e. The summed E-state index contributed by atoms with van der Waals surface area (Å²) in [7, 11) is 1.32. The Morgan fingerprint density at radius 2 is 2.54 bits per heavy atom. The van der Waals surface area contributed by atoms with Gasteiger partial charge >= 0.3 is 5.97 Å². The molecule has 0 atom stereocenters. The van der Waals surface area contributed by atoms with Crippen LogP contribution in [0.25, 0.3) is 0 Å². The number of carbonyl (C=O) groups is 1. The standard InChI is InChI=1S/C9H8O3S/c1-12-9(11)8-7(3-2-5-10)4-6-13-8/h4,6,10H,5H2,1H3. The van der Waals surface area contributed by atoms with Crippen molar-refractivity contribution < 1.29 is 14.6 Å². The molecule has 0 bridgehead atoms. The van der Waals surface area contributed by atoms with Gasteiger partial charge in [0.2, 0.25) is 0 Å². The SMILES string of the molecule is COC(=O)c1sccc1C#CCO. The maximum atomic E-state index is 11.1. The van der Waals surface area contributed by atoms with Gasteiger partial charge in [-0.05, 0) is 11.4 Å². The monoisotopic (exact) mass is 196 g/mol. The van der Waals surface area contributed by atoms with E-state index in [0.29, 0.717) is 10.4 Å². The summed E-state index contributed by atoms with van der Waals surface area (Å²) < 4.78 is 4.56. The first-order chi connectivity index (χ1) is 6.29. The summed E-state index contributed by atoms with van der Waals surface area (Å²) in [5.74, 6) is 4.75. The van der Waals surface area contributed by atoms with Gasteiger partial charge in [0, 0.05) is 0 Å². The molecule has 0 fully saturated rings. The van der Waals surface area contributed by atoms with E-state index in [-0.39, 0.29) is 6.61 Å². The number of aliphatic hydroxyl groups is 1. The number of hydrogen-bond donors (Lipinski definition) is 1. The van der Waals surface area contributed by atoms with Crippen LogP contribution in [0, 0.1) is 11.8 Å². The number of hydrogen-bond acceptors (Lipinski definition) is 4. The molecule has 0 unspecified atom stereocenters. The molecule has 1 N–H and O–H groups in total. The summed E-state index contributed by atoms with van der Waals surface area (Å²) in [6.07, 6.45) is 0. The largest absolute Gasteiger partial charge is 0.465 e. The van der Waals surface area contributed by atoms with E-state index in [4.69, 9.17) is 5.11 Å². The fourth-order valence-electron chi connectivity index (χ4n) is 0.793. The Hall–Kier alpha value is -1.31. The summed E-state index contributed by atoms with van der Waals surface area (Å²) in [6, 6.07) is 1.72. The molecule has 0 aliphatic heterocycles. The number of carbonyl (C=O) groups excluding carboxylic acids is 1. The molecule has 0 spiro atoms. The summed E-state index contributed by atoms with van der Waals surface area (Å²) in [4.78, 5) is 11.6. The van der Waals surface area contributed by atoms with Crippen LogP contribution < -0.4 is 0 Å². The maximum Gasteiger partial charge on any atom is 0.349 e. The number of esters is 1. The van der Waals surface area contributed by atoms with Crippen LogP contribution in [0.4, 0.5) is 0 Å². The van der Waals surface area contributed by atoms with Crippen molar-refractivity contribution in [2.75, 3.05) is 13.7 Å². The molecular weight excluding hydrogens is 188 g/mol. The van der Waals surface area contributed by atoms with Crippen molar-refractivity contribution in [3.05, 3.63) is 21.9 Å². The topological polar surface area (TPSA) is 46.5 Å². The van der Waals surface area contributed by atoms with E-state index in [1.165, 1.54) is 18.4 Å². The Morgan fingerprint density at radius 3 is 3.15 bits per heavy atom. The van der Waals surface area contributed by atoms with E-state index in [1.807, 2.05) is 0 Å². The fraction of sp³-hybridized carbons (Fsp3) is 0.222. The minimum atomic E-state index is -0.391. The van der Waals surface area contributed by atoms with Crippen LogP contribution in [-0.2, 0) is 4.74 Å². The van der Waals surface area contributed by atoms with Crippen LogP contribution in [-0.4, -0.2) is 24.8 Å². The lowest BCUT2D eigenvalue weighted by atomic mass is 10.2. The first kappa shape index (κ1) is 9.78. The van der Waals surface area contributed by atoms with Gasteiger partial charge in [0.25, 0.3) is 0 Å². The molecule has 1 heterocycles. The Bertz CT molecular complexity index is 356. The second-order valence-electron chi connectivity index (χ2n) is 2.11. The molecule has 1 aromatic rings. The lowest BCUT2D eigenvalue weighted by Gasteiger charge is -1.94. The van der Waals surface area contributed by atoms with E-state index >= 15 is 0 Å². The van der Waals surface area contributed by atoms with E-state index < -0.39 is 5.97 Å². The third-order valence-electron chi connectivity index (χ3n) is 1.34. The second-order valence-corrected chi connectivity index (χ2v) is 3.03. The van der Waals surface area contributed by atoms with Crippen LogP contribution in [0.5, 0.6) is 0 Å². The van der Waals surface area contributed by atoms with Gasteiger partial charge < -0.3 is 9.84 Å². The highest BCUT2D eigenvalue weighted by molar-refractivity contribution is 7.12. The highest BCUT2D eigenvalue weighted by atomic mass is 32.1. The third kappa shape index (κ3) is 2.31. The van der Waals surface area contributed by atoms with E-state index in [1.54, 1.807) is 11.4 Å². The smallest absolute Gasteiger partial charge is 0.349 e. The van der Waals surface area contributed by atoms with Gasteiger partial charge in [-0.25, -0.2) is 4.79 Å². The number of methoxy groups -OCH3 is 1. The quantitative estimate of drug-likeness (QED) is 0.535. The zero-order valence-electron chi connectivity index (χ0n) is 7.03. The predicted octanol–water partition coefficient (Wildman–Crippen LogP) is 0.879. The molecular formula is C9H8O3S. The Morgan fingerprint density at radius 1 is 1.77 bits per heavy atom. The van der Waals surface area contributed by atoms with Gasteiger partial charge in [0.05, 0.1) is 12.7 Å². The van der Waals surface area contributed by atoms with Crippen molar-refractivity contribution in [2.24, 2.45) is 0 Å². The molecule has 0 saturated carbocycles. The van der Waals surface area contributed by atoms with Crippen molar-refractivity contribution in [1.29, 1.82) is 0 Å². The molecule has 0 aliphatic rings. The summed E-state index contributed by atoms with van der Waals surface area (Å²) in [5.41, 5.74) is 0.603. The first-order valence-electron chi connectivity index (χ1n) is 3.55. The van der Waals surface area contributed by atoms with Crippen LogP contribution >= 0.6 is 11.3 Å². The molecule has 0 radical (unpaired) electrons. The number of thiophene rings is 1. The van der Waals surface area contributed by atoms with Crippen molar-refractivity contribution in [3.63, 3.8) is 0 Å². The van der Waals surface area contributed by atoms with Crippen molar-refractivity contribution in [1.82, 2.24) is 0 Å². The predicted molar refractivity (Wildman–Crippen MR) is 49.6 cm³/mol. The van der Waals surface area contributed by atoms with E-state index in [9.17, 15) is 4.79 Å². The number of aliphatic hydroxyl groups excluding tert-OH is 1. The van der Waals surface area contributed by atoms with Gasteiger partial charge in [-0.1, -0.05) is 11.8 Å². The molecule has 0 amide bonds. The van der Waals surface area contributed by atoms with Crippen LogP contribution in [0.3, 0.4) is 0 Å². The highest BCUT2D eigenvalue weighted by Crippen LogP contribution is 2.16. The van der Waals surface area contributed by atoms with E-state index in [0.717, 1.165) is 0 Å². The second kappa shape index (κ2) is 4.65. The normalized spacial score (nSPS) is 8.77. The average molecular weight is 196 g/mol. The summed E-state index contributed by atoms with van der Waals surface area (Å²) in [6.45, 7) is -0.212. The van der Waals surface area contributed by atoms with Crippen molar-refractivity contribution >= 4 is 17.3 Å². The van der Waals surface area contributed by atoms with Gasteiger partial charge in [-0.3, -0.25) is 0 Å². The lowest BCUT2D eigenvalue weighted by molar-refractivity contribution is 0.0606. The maximum absolute atomic E-state index is 11.1. The first-order valence-corrected chi connectivity index (χ1v) is 4.43. The van der Waals surface area contributed by atoms with E-state index in [2.05, 4.69) is 16.6 Å². The molecule has 68 valence electrons. The van der Waals surface area contributed by atoms with Crippen molar-refractivity contribution in [3.8, 4) is 11.8 Å².